The SMILES string of the molecule is C=C/C(C)=C\C=C(/C=C)OC(C)C. The van der Waals surface area contributed by atoms with Gasteiger partial charge in [-0.25, -0.2) is 0 Å². The minimum absolute atomic E-state index is 0.182. The Morgan fingerprint density at radius 1 is 1.15 bits per heavy atom. The van der Waals surface area contributed by atoms with Crippen molar-refractivity contribution in [1.29, 1.82) is 0 Å². The van der Waals surface area contributed by atoms with E-state index in [2.05, 4.69) is 13.2 Å². The van der Waals surface area contributed by atoms with E-state index in [1.807, 2.05) is 32.9 Å². The molecule has 0 amide bonds. The van der Waals surface area contributed by atoms with Crippen LogP contribution in [-0.4, -0.2) is 6.10 Å². The molecule has 0 unspecified atom stereocenters. The lowest BCUT2D eigenvalue weighted by atomic mass is 10.2. The second-order valence-electron chi connectivity index (χ2n) is 3.05. The van der Waals surface area contributed by atoms with Gasteiger partial charge in [0.15, 0.2) is 0 Å². The minimum Gasteiger partial charge on any atom is -0.491 e. The highest BCUT2D eigenvalue weighted by molar-refractivity contribution is 5.24. The maximum atomic E-state index is 5.46. The van der Waals surface area contributed by atoms with Gasteiger partial charge in [-0.05, 0) is 32.9 Å². The maximum Gasteiger partial charge on any atom is 0.119 e. The van der Waals surface area contributed by atoms with Crippen LogP contribution < -0.4 is 0 Å². The largest absolute Gasteiger partial charge is 0.491 e. The fourth-order valence-corrected chi connectivity index (χ4v) is 0.709. The molecule has 0 spiro atoms. The summed E-state index contributed by atoms with van der Waals surface area (Å²) in [6, 6.07) is 0. The van der Waals surface area contributed by atoms with Gasteiger partial charge in [-0.3, -0.25) is 0 Å². The van der Waals surface area contributed by atoms with Gasteiger partial charge in [0.2, 0.25) is 0 Å². The number of hydrogen-bond donors (Lipinski definition) is 0. The first kappa shape index (κ1) is 11.8. The third-order valence-electron chi connectivity index (χ3n) is 1.41. The Morgan fingerprint density at radius 3 is 2.15 bits per heavy atom. The topological polar surface area (TPSA) is 9.23 Å². The summed E-state index contributed by atoms with van der Waals surface area (Å²) in [6.07, 6.45) is 7.53. The first-order valence-corrected chi connectivity index (χ1v) is 4.40. The Hall–Kier alpha value is -1.24. The Balaban J connectivity index is 4.39. The fourth-order valence-electron chi connectivity index (χ4n) is 0.709. The summed E-state index contributed by atoms with van der Waals surface area (Å²) in [7, 11) is 0. The van der Waals surface area contributed by atoms with E-state index in [1.165, 1.54) is 0 Å². The van der Waals surface area contributed by atoms with Crippen molar-refractivity contribution in [3.05, 3.63) is 48.8 Å². The van der Waals surface area contributed by atoms with E-state index in [0.717, 1.165) is 11.3 Å². The molecule has 13 heavy (non-hydrogen) atoms. The van der Waals surface area contributed by atoms with Crippen molar-refractivity contribution in [2.45, 2.75) is 26.9 Å². The highest BCUT2D eigenvalue weighted by atomic mass is 16.5. The smallest absolute Gasteiger partial charge is 0.119 e. The first-order valence-electron chi connectivity index (χ1n) is 4.40. The summed E-state index contributed by atoms with van der Waals surface area (Å²) in [5.74, 6) is 0.788. The first-order chi connectivity index (χ1) is 6.10. The van der Waals surface area contributed by atoms with Gasteiger partial charge in [-0.15, -0.1) is 0 Å². The van der Waals surface area contributed by atoms with Crippen LogP contribution in [0.3, 0.4) is 0 Å². The van der Waals surface area contributed by atoms with Crippen molar-refractivity contribution in [1.82, 2.24) is 0 Å². The predicted octanol–water partition coefficient (Wildman–Crippen LogP) is 3.61. The van der Waals surface area contributed by atoms with Crippen LogP contribution in [0.1, 0.15) is 20.8 Å². The normalized spacial score (nSPS) is 12.9. The Morgan fingerprint density at radius 2 is 1.77 bits per heavy atom. The molecule has 0 rings (SSSR count). The maximum absolute atomic E-state index is 5.46. The van der Waals surface area contributed by atoms with Crippen LogP contribution in [0.2, 0.25) is 0 Å². The van der Waals surface area contributed by atoms with Gasteiger partial charge in [0.1, 0.15) is 5.76 Å². The molecule has 0 aromatic carbocycles. The van der Waals surface area contributed by atoms with E-state index in [-0.39, 0.29) is 6.10 Å². The standard InChI is InChI=1S/C12H18O/c1-6-11(5)8-9-12(7-2)13-10(3)4/h6-10H,1-2H2,3-5H3/b11-8-,12-9+. The molecular weight excluding hydrogens is 160 g/mol. The Labute approximate surface area is 81.1 Å². The summed E-state index contributed by atoms with van der Waals surface area (Å²) in [5.41, 5.74) is 1.10. The van der Waals surface area contributed by atoms with Gasteiger partial charge in [0.05, 0.1) is 6.10 Å². The van der Waals surface area contributed by atoms with Gasteiger partial charge in [-0.1, -0.05) is 30.9 Å². The molecule has 72 valence electrons. The number of ether oxygens (including phenoxy) is 1. The molecule has 0 N–H and O–H groups in total. The summed E-state index contributed by atoms with van der Waals surface area (Å²) in [5, 5.41) is 0. The molecule has 1 heteroatoms. The van der Waals surface area contributed by atoms with Crippen molar-refractivity contribution in [2.24, 2.45) is 0 Å². The highest BCUT2D eigenvalue weighted by Crippen LogP contribution is 2.05. The molecule has 0 atom stereocenters. The van der Waals surface area contributed by atoms with Crippen molar-refractivity contribution >= 4 is 0 Å². The molecule has 0 aromatic heterocycles. The number of allylic oxidation sites excluding steroid dienone is 5. The fraction of sp³-hybridized carbons (Fsp3) is 0.333. The third kappa shape index (κ3) is 5.97. The number of hydrogen-bond acceptors (Lipinski definition) is 1. The summed E-state index contributed by atoms with van der Waals surface area (Å²) >= 11 is 0. The monoisotopic (exact) mass is 178 g/mol. The lowest BCUT2D eigenvalue weighted by Gasteiger charge is -2.09. The molecule has 1 nitrogen and oxygen atoms in total. The average Bonchev–Trinajstić information content (AvgIpc) is 2.10. The minimum atomic E-state index is 0.182. The van der Waals surface area contributed by atoms with Crippen LogP contribution in [0.4, 0.5) is 0 Å². The van der Waals surface area contributed by atoms with Gasteiger partial charge in [-0.2, -0.15) is 0 Å². The molecule has 0 heterocycles. The van der Waals surface area contributed by atoms with Gasteiger partial charge < -0.3 is 4.74 Å². The average molecular weight is 178 g/mol. The van der Waals surface area contributed by atoms with Crippen LogP contribution in [0.25, 0.3) is 0 Å². The van der Waals surface area contributed by atoms with Crippen molar-refractivity contribution in [3.63, 3.8) is 0 Å². The van der Waals surface area contributed by atoms with Gasteiger partial charge in [0, 0.05) is 0 Å². The van der Waals surface area contributed by atoms with Crippen LogP contribution in [0.5, 0.6) is 0 Å². The molecule has 0 saturated carbocycles. The Bertz CT molecular complexity index is 232. The Kier molecular flexibility index (Phi) is 5.69. The molecule has 0 fully saturated rings. The molecule has 0 aliphatic carbocycles. The molecule has 0 saturated heterocycles. The van der Waals surface area contributed by atoms with Gasteiger partial charge in [0.25, 0.3) is 0 Å². The molecule has 0 aliphatic rings. The summed E-state index contributed by atoms with van der Waals surface area (Å²) < 4.78 is 5.46. The van der Waals surface area contributed by atoms with Crippen LogP contribution in [0.15, 0.2) is 48.8 Å². The van der Waals surface area contributed by atoms with Crippen molar-refractivity contribution in [2.75, 3.05) is 0 Å². The zero-order valence-corrected chi connectivity index (χ0v) is 8.71. The number of rotatable bonds is 5. The summed E-state index contributed by atoms with van der Waals surface area (Å²) in [6.45, 7) is 13.3. The molecule has 0 radical (unpaired) electrons. The van der Waals surface area contributed by atoms with E-state index < -0.39 is 0 Å². The van der Waals surface area contributed by atoms with Crippen LogP contribution >= 0.6 is 0 Å². The van der Waals surface area contributed by atoms with E-state index in [0.29, 0.717) is 0 Å². The lowest BCUT2D eigenvalue weighted by molar-refractivity contribution is 0.158. The van der Waals surface area contributed by atoms with Crippen molar-refractivity contribution in [3.8, 4) is 0 Å². The molecule has 0 aliphatic heterocycles. The second kappa shape index (κ2) is 6.30. The summed E-state index contributed by atoms with van der Waals surface area (Å²) in [4.78, 5) is 0. The van der Waals surface area contributed by atoms with Gasteiger partial charge >= 0.3 is 0 Å². The van der Waals surface area contributed by atoms with E-state index in [4.69, 9.17) is 4.74 Å². The highest BCUT2D eigenvalue weighted by Gasteiger charge is 1.94. The quantitative estimate of drug-likeness (QED) is 0.461. The molecule has 0 bridgehead atoms. The van der Waals surface area contributed by atoms with E-state index in [1.54, 1.807) is 12.2 Å². The lowest BCUT2D eigenvalue weighted by Crippen LogP contribution is -2.00. The van der Waals surface area contributed by atoms with Crippen LogP contribution in [-0.2, 0) is 4.74 Å². The zero-order chi connectivity index (χ0) is 10.3. The van der Waals surface area contributed by atoms with Crippen molar-refractivity contribution < 1.29 is 4.74 Å². The van der Waals surface area contributed by atoms with E-state index >= 15 is 0 Å². The molecule has 0 aromatic rings. The molecular formula is C12H18O. The third-order valence-corrected chi connectivity index (χ3v) is 1.41. The predicted molar refractivity (Wildman–Crippen MR) is 58.5 cm³/mol. The zero-order valence-electron chi connectivity index (χ0n) is 8.71. The van der Waals surface area contributed by atoms with E-state index in [9.17, 15) is 0 Å². The van der Waals surface area contributed by atoms with Crippen LogP contribution in [0, 0.1) is 0 Å². The second-order valence-corrected chi connectivity index (χ2v) is 3.05.